The molecule has 2 spiro atoms. The number of amides is 1. The molecule has 4 fully saturated rings. The summed E-state index contributed by atoms with van der Waals surface area (Å²) in [6, 6.07) is 10.4. The molecule has 1 atom stereocenters. The SMILES string of the molecule is CC.CC.CC(=O)N1CCC2(CCN(c3cccc4cnc(C)nc34)C2)C1.CCC1(F)CC2(CN(c3ccc(C)nc3)C2)C1. The Morgan fingerprint density at radius 3 is 2.16 bits per heavy atom. The summed E-state index contributed by atoms with van der Waals surface area (Å²) in [5.41, 5.74) is 4.13. The summed E-state index contributed by atoms with van der Waals surface area (Å²) in [5.74, 6) is 1.01. The van der Waals surface area contributed by atoms with Gasteiger partial charge in [-0.3, -0.25) is 9.78 Å². The number of alkyl halides is 1. The van der Waals surface area contributed by atoms with Gasteiger partial charge in [0.05, 0.1) is 23.1 Å². The standard InChI is InChI=1S/C18H22N4O.C14H19FN2.2C2H6/c1-13-19-10-15-4-3-5-16(17(15)20-13)22-9-7-18(12-22)6-8-21(11-18)14(2)23;1-3-14(15)7-13(8-14)9-17(10-13)12-5-4-11(2)16-6-12;2*1-2/h3-5,10H,6-9,11-12H2,1-2H3;4-6H,3,7-10H2,1-2H3;2*1-2H3. The van der Waals surface area contributed by atoms with Gasteiger partial charge in [-0.15, -0.1) is 0 Å². The molecule has 5 heterocycles. The van der Waals surface area contributed by atoms with Crippen molar-refractivity contribution in [2.45, 2.75) is 93.2 Å². The second kappa shape index (κ2) is 13.8. The first-order valence-electron chi connectivity index (χ1n) is 16.7. The number of rotatable bonds is 3. The van der Waals surface area contributed by atoms with E-state index in [1.54, 1.807) is 6.92 Å². The van der Waals surface area contributed by atoms with Gasteiger partial charge in [0.1, 0.15) is 11.5 Å². The van der Waals surface area contributed by atoms with Gasteiger partial charge in [0.25, 0.3) is 0 Å². The summed E-state index contributed by atoms with van der Waals surface area (Å²) in [5, 5.41) is 1.09. The number of fused-ring (bicyclic) bond motifs is 1. The molecule has 4 aliphatic rings. The first kappa shape index (κ1) is 33.6. The average molecular weight is 605 g/mol. The molecule has 44 heavy (non-hydrogen) atoms. The van der Waals surface area contributed by atoms with Gasteiger partial charge in [-0.05, 0) is 64.2 Å². The van der Waals surface area contributed by atoms with Crippen molar-refractivity contribution < 1.29 is 9.18 Å². The van der Waals surface area contributed by atoms with Crippen LogP contribution in [0.3, 0.4) is 0 Å². The third-order valence-electron chi connectivity index (χ3n) is 9.70. The summed E-state index contributed by atoms with van der Waals surface area (Å²) in [7, 11) is 0. The second-order valence-corrected chi connectivity index (χ2v) is 12.9. The maximum absolute atomic E-state index is 13.9. The Balaban J connectivity index is 0.000000187. The molecule has 3 aliphatic heterocycles. The molecule has 1 unspecified atom stereocenters. The summed E-state index contributed by atoms with van der Waals surface area (Å²) < 4.78 is 13.9. The Bertz CT molecular complexity index is 1400. The predicted octanol–water partition coefficient (Wildman–Crippen LogP) is 7.55. The number of halogens is 1. The van der Waals surface area contributed by atoms with Crippen LogP contribution in [0.4, 0.5) is 15.8 Å². The fourth-order valence-electron chi connectivity index (χ4n) is 7.42. The third kappa shape index (κ3) is 7.00. The Morgan fingerprint density at radius 2 is 1.55 bits per heavy atom. The Hall–Kier alpha value is -3.29. The third-order valence-corrected chi connectivity index (χ3v) is 9.70. The molecule has 1 aromatic carbocycles. The number of aromatic nitrogens is 3. The number of anilines is 2. The normalized spacial score (nSPS) is 22.2. The van der Waals surface area contributed by atoms with E-state index in [9.17, 15) is 9.18 Å². The van der Waals surface area contributed by atoms with E-state index in [1.807, 2.05) is 71.8 Å². The van der Waals surface area contributed by atoms with Gasteiger partial charge in [0, 0.05) is 74.3 Å². The van der Waals surface area contributed by atoms with Crippen LogP contribution in [-0.2, 0) is 4.79 Å². The van der Waals surface area contributed by atoms with Crippen molar-refractivity contribution in [2.24, 2.45) is 10.8 Å². The smallest absolute Gasteiger partial charge is 0.219 e. The van der Waals surface area contributed by atoms with E-state index < -0.39 is 5.67 Å². The van der Waals surface area contributed by atoms with Crippen molar-refractivity contribution in [3.05, 3.63) is 54.2 Å². The van der Waals surface area contributed by atoms with Crippen molar-refractivity contribution >= 4 is 28.2 Å². The van der Waals surface area contributed by atoms with Gasteiger partial charge in [0.15, 0.2) is 0 Å². The van der Waals surface area contributed by atoms with Crippen molar-refractivity contribution in [3.63, 3.8) is 0 Å². The van der Waals surface area contributed by atoms with Crippen molar-refractivity contribution in [2.75, 3.05) is 49.1 Å². The summed E-state index contributed by atoms with van der Waals surface area (Å²) in [6.07, 6.45) is 8.27. The number of hydrogen-bond acceptors (Lipinski definition) is 6. The summed E-state index contributed by atoms with van der Waals surface area (Å²) in [6.45, 7) is 21.4. The minimum absolute atomic E-state index is 0.203. The maximum atomic E-state index is 13.9. The molecule has 0 bridgehead atoms. The van der Waals surface area contributed by atoms with E-state index in [-0.39, 0.29) is 16.7 Å². The van der Waals surface area contributed by atoms with E-state index in [2.05, 4.69) is 49.0 Å². The first-order chi connectivity index (χ1) is 21.1. The number of likely N-dealkylation sites (tertiary alicyclic amines) is 1. The molecule has 1 saturated carbocycles. The fourth-order valence-corrected chi connectivity index (χ4v) is 7.42. The van der Waals surface area contributed by atoms with E-state index in [0.29, 0.717) is 6.42 Å². The minimum atomic E-state index is -0.863. The second-order valence-electron chi connectivity index (χ2n) is 12.9. The van der Waals surface area contributed by atoms with Crippen LogP contribution in [0.5, 0.6) is 0 Å². The molecule has 0 radical (unpaired) electrons. The lowest BCUT2D eigenvalue weighted by atomic mass is 9.55. The zero-order valence-electron chi connectivity index (χ0n) is 28.3. The van der Waals surface area contributed by atoms with Crippen LogP contribution in [0.1, 0.15) is 85.2 Å². The highest BCUT2D eigenvalue weighted by molar-refractivity contribution is 5.90. The van der Waals surface area contributed by atoms with Gasteiger partial charge < -0.3 is 14.7 Å². The van der Waals surface area contributed by atoms with Gasteiger partial charge in [-0.25, -0.2) is 14.4 Å². The summed E-state index contributed by atoms with van der Waals surface area (Å²) >= 11 is 0. The Morgan fingerprint density at radius 1 is 0.864 bits per heavy atom. The van der Waals surface area contributed by atoms with Gasteiger partial charge in [-0.2, -0.15) is 0 Å². The number of aryl methyl sites for hydroxylation is 2. The molecular weight excluding hydrogens is 551 g/mol. The van der Waals surface area contributed by atoms with Crippen molar-refractivity contribution in [1.29, 1.82) is 0 Å². The van der Waals surface area contributed by atoms with Crippen LogP contribution < -0.4 is 9.80 Å². The van der Waals surface area contributed by atoms with Crippen LogP contribution in [0.25, 0.3) is 10.9 Å². The maximum Gasteiger partial charge on any atom is 0.219 e. The van der Waals surface area contributed by atoms with Crippen molar-refractivity contribution in [3.8, 4) is 0 Å². The van der Waals surface area contributed by atoms with Gasteiger partial charge in [0.2, 0.25) is 5.91 Å². The number of hydrogen-bond donors (Lipinski definition) is 0. The van der Waals surface area contributed by atoms with Gasteiger partial charge >= 0.3 is 0 Å². The highest BCUT2D eigenvalue weighted by atomic mass is 19.1. The minimum Gasteiger partial charge on any atom is -0.369 e. The van der Waals surface area contributed by atoms with Crippen LogP contribution in [0.15, 0.2) is 42.7 Å². The first-order valence-corrected chi connectivity index (χ1v) is 16.7. The zero-order valence-corrected chi connectivity index (χ0v) is 28.3. The molecule has 2 aromatic heterocycles. The predicted molar refractivity (Wildman–Crippen MR) is 180 cm³/mol. The van der Waals surface area contributed by atoms with Crippen LogP contribution in [-0.4, -0.2) is 70.7 Å². The molecular formula is C36H53FN6O. The Labute approximate surface area is 264 Å². The van der Waals surface area contributed by atoms with Crippen molar-refractivity contribution in [1.82, 2.24) is 19.9 Å². The molecule has 1 amide bonds. The van der Waals surface area contributed by atoms with Gasteiger partial charge in [-0.1, -0.05) is 46.8 Å². The molecule has 3 aromatic rings. The largest absolute Gasteiger partial charge is 0.369 e. The van der Waals surface area contributed by atoms with E-state index in [1.165, 1.54) is 11.4 Å². The number of carbonyl (C=O) groups excluding carboxylic acids is 1. The van der Waals surface area contributed by atoms with Crippen LogP contribution >= 0.6 is 0 Å². The molecule has 1 aliphatic carbocycles. The monoisotopic (exact) mass is 604 g/mol. The number of carbonyl (C=O) groups is 1. The molecule has 8 heteroatoms. The topological polar surface area (TPSA) is 65.5 Å². The number of para-hydroxylation sites is 1. The Kier molecular flexibility index (Phi) is 10.5. The molecule has 7 rings (SSSR count). The lowest BCUT2D eigenvalue weighted by Gasteiger charge is -2.62. The lowest BCUT2D eigenvalue weighted by Crippen LogP contribution is -2.66. The number of nitrogens with zero attached hydrogens (tertiary/aromatic N) is 6. The fraction of sp³-hybridized carbons (Fsp3) is 0.611. The summed E-state index contributed by atoms with van der Waals surface area (Å²) in [4.78, 5) is 31.7. The molecule has 240 valence electrons. The zero-order chi connectivity index (χ0) is 32.1. The van der Waals surface area contributed by atoms with Crippen LogP contribution in [0, 0.1) is 24.7 Å². The average Bonchev–Trinajstić information content (AvgIpc) is 3.63. The van der Waals surface area contributed by atoms with Crippen LogP contribution in [0.2, 0.25) is 0 Å². The van der Waals surface area contributed by atoms with E-state index in [0.717, 1.165) is 87.4 Å². The highest BCUT2D eigenvalue weighted by Crippen LogP contribution is 2.57. The number of pyridine rings is 1. The lowest BCUT2D eigenvalue weighted by molar-refractivity contribution is -0.128. The number of benzene rings is 1. The molecule has 7 nitrogen and oxygen atoms in total. The quantitative estimate of drug-likeness (QED) is 0.308. The van der Waals surface area contributed by atoms with E-state index >= 15 is 0 Å². The van der Waals surface area contributed by atoms with E-state index in [4.69, 9.17) is 0 Å². The molecule has 3 saturated heterocycles. The highest BCUT2D eigenvalue weighted by Gasteiger charge is 2.59. The molecule has 0 N–H and O–H groups in total.